The summed E-state index contributed by atoms with van der Waals surface area (Å²) in [5.74, 6) is -0.160. The summed E-state index contributed by atoms with van der Waals surface area (Å²) < 4.78 is 15.8. The van der Waals surface area contributed by atoms with E-state index in [1.165, 1.54) is 11.6 Å². The third kappa shape index (κ3) is 2.29. The molecule has 0 radical (unpaired) electrons. The van der Waals surface area contributed by atoms with Gasteiger partial charge in [-0.3, -0.25) is 4.90 Å². The van der Waals surface area contributed by atoms with Gasteiger partial charge in [-0.05, 0) is 17.7 Å². The maximum Gasteiger partial charge on any atom is 0.127 e. The highest BCUT2D eigenvalue weighted by atomic mass is 19.1. The van der Waals surface area contributed by atoms with Gasteiger partial charge in [-0.25, -0.2) is 9.07 Å². The van der Waals surface area contributed by atoms with Crippen molar-refractivity contribution in [3.8, 4) is 5.69 Å². The van der Waals surface area contributed by atoms with Crippen LogP contribution in [0.25, 0.3) is 5.69 Å². The second-order valence-corrected chi connectivity index (χ2v) is 5.50. The van der Waals surface area contributed by atoms with Crippen LogP contribution in [0.5, 0.6) is 0 Å². The molecule has 0 amide bonds. The first-order valence-electron chi connectivity index (χ1n) is 7.25. The minimum Gasteiger partial charge on any atom is -0.289 e. The van der Waals surface area contributed by atoms with Gasteiger partial charge in [-0.15, -0.1) is 5.10 Å². The number of para-hydroxylation sites is 1. The van der Waals surface area contributed by atoms with Crippen molar-refractivity contribution in [3.05, 3.63) is 77.4 Å². The Morgan fingerprint density at radius 2 is 1.82 bits per heavy atom. The number of fused-ring (bicyclic) bond motifs is 3. The SMILES string of the molecule is Fc1ccccc1CN1Cc2ccccc2-n2nncc2C1. The number of benzene rings is 2. The Morgan fingerprint density at radius 1 is 1.00 bits per heavy atom. The van der Waals surface area contributed by atoms with E-state index in [4.69, 9.17) is 0 Å². The number of aromatic nitrogens is 3. The molecule has 0 saturated carbocycles. The fourth-order valence-corrected chi connectivity index (χ4v) is 2.92. The summed E-state index contributed by atoms with van der Waals surface area (Å²) in [6.07, 6.45) is 1.77. The van der Waals surface area contributed by atoms with Gasteiger partial charge in [-0.1, -0.05) is 41.6 Å². The van der Waals surface area contributed by atoms with Gasteiger partial charge in [0.1, 0.15) is 5.82 Å². The van der Waals surface area contributed by atoms with E-state index < -0.39 is 0 Å². The lowest BCUT2D eigenvalue weighted by molar-refractivity contribution is 0.244. The van der Waals surface area contributed by atoms with Crippen molar-refractivity contribution in [2.45, 2.75) is 19.6 Å². The molecule has 0 N–H and O–H groups in total. The molecule has 0 aliphatic carbocycles. The van der Waals surface area contributed by atoms with Crippen LogP contribution in [0.15, 0.2) is 54.7 Å². The van der Waals surface area contributed by atoms with E-state index in [-0.39, 0.29) is 5.82 Å². The highest BCUT2D eigenvalue weighted by molar-refractivity contribution is 5.42. The molecule has 3 aromatic rings. The Hall–Kier alpha value is -2.53. The summed E-state index contributed by atoms with van der Waals surface area (Å²) in [4.78, 5) is 2.21. The van der Waals surface area contributed by atoms with Crippen molar-refractivity contribution >= 4 is 0 Å². The quantitative estimate of drug-likeness (QED) is 0.729. The molecule has 0 spiro atoms. The van der Waals surface area contributed by atoms with Crippen molar-refractivity contribution in [1.29, 1.82) is 0 Å². The average molecular weight is 294 g/mol. The van der Waals surface area contributed by atoms with E-state index in [2.05, 4.69) is 21.3 Å². The van der Waals surface area contributed by atoms with Crippen LogP contribution in [0.3, 0.4) is 0 Å². The predicted octanol–water partition coefficient (Wildman–Crippen LogP) is 2.92. The van der Waals surface area contributed by atoms with Gasteiger partial charge in [0.15, 0.2) is 0 Å². The fourth-order valence-electron chi connectivity index (χ4n) is 2.92. The maximum absolute atomic E-state index is 13.9. The minimum absolute atomic E-state index is 0.160. The molecule has 110 valence electrons. The van der Waals surface area contributed by atoms with Gasteiger partial charge >= 0.3 is 0 Å². The van der Waals surface area contributed by atoms with Gasteiger partial charge in [-0.2, -0.15) is 0 Å². The lowest BCUT2D eigenvalue weighted by Gasteiger charge is -2.20. The van der Waals surface area contributed by atoms with Gasteiger partial charge in [0.05, 0.1) is 17.6 Å². The first kappa shape index (κ1) is 13.2. The molecule has 22 heavy (non-hydrogen) atoms. The number of nitrogens with zero attached hydrogens (tertiary/aromatic N) is 4. The van der Waals surface area contributed by atoms with Crippen LogP contribution >= 0.6 is 0 Å². The summed E-state index contributed by atoms with van der Waals surface area (Å²) in [7, 11) is 0. The van der Waals surface area contributed by atoms with Crippen LogP contribution < -0.4 is 0 Å². The summed E-state index contributed by atoms with van der Waals surface area (Å²) in [5, 5.41) is 8.20. The van der Waals surface area contributed by atoms with Crippen molar-refractivity contribution in [3.63, 3.8) is 0 Å². The highest BCUT2D eigenvalue weighted by Gasteiger charge is 2.20. The molecular weight excluding hydrogens is 279 g/mol. The smallest absolute Gasteiger partial charge is 0.127 e. The Kier molecular flexibility index (Phi) is 3.20. The molecule has 2 heterocycles. The molecule has 4 rings (SSSR count). The molecule has 1 aliphatic heterocycles. The first-order valence-corrected chi connectivity index (χ1v) is 7.25. The Morgan fingerprint density at radius 3 is 2.73 bits per heavy atom. The Bertz CT molecular complexity index is 812. The molecule has 0 saturated heterocycles. The molecule has 0 unspecified atom stereocenters. The summed E-state index contributed by atoms with van der Waals surface area (Å²) in [6, 6.07) is 15.1. The largest absolute Gasteiger partial charge is 0.289 e. The average Bonchev–Trinajstić information content (AvgIpc) is 2.92. The number of hydrogen-bond acceptors (Lipinski definition) is 3. The topological polar surface area (TPSA) is 34.0 Å². The van der Waals surface area contributed by atoms with Crippen molar-refractivity contribution in [2.24, 2.45) is 0 Å². The van der Waals surface area contributed by atoms with Crippen LogP contribution in [-0.2, 0) is 19.6 Å². The molecule has 0 atom stereocenters. The maximum atomic E-state index is 13.9. The summed E-state index contributed by atoms with van der Waals surface area (Å²) >= 11 is 0. The second-order valence-electron chi connectivity index (χ2n) is 5.50. The van der Waals surface area contributed by atoms with E-state index in [1.807, 2.05) is 35.0 Å². The highest BCUT2D eigenvalue weighted by Crippen LogP contribution is 2.24. The Balaban J connectivity index is 1.71. The van der Waals surface area contributed by atoms with E-state index in [9.17, 15) is 4.39 Å². The van der Waals surface area contributed by atoms with Gasteiger partial charge in [0.2, 0.25) is 0 Å². The predicted molar refractivity (Wildman–Crippen MR) is 80.7 cm³/mol. The molecule has 5 heteroatoms. The fraction of sp³-hybridized carbons (Fsp3) is 0.176. The Labute approximate surface area is 127 Å². The van der Waals surface area contributed by atoms with E-state index in [0.717, 1.165) is 17.9 Å². The van der Waals surface area contributed by atoms with Crippen LogP contribution in [0.1, 0.15) is 16.8 Å². The van der Waals surface area contributed by atoms with Crippen molar-refractivity contribution in [1.82, 2.24) is 19.9 Å². The lowest BCUT2D eigenvalue weighted by atomic mass is 10.1. The number of halogens is 1. The van der Waals surface area contributed by atoms with Crippen LogP contribution in [0.4, 0.5) is 4.39 Å². The molecule has 4 nitrogen and oxygen atoms in total. The molecule has 0 bridgehead atoms. The van der Waals surface area contributed by atoms with Crippen LogP contribution in [-0.4, -0.2) is 19.9 Å². The number of hydrogen-bond donors (Lipinski definition) is 0. The van der Waals surface area contributed by atoms with Crippen molar-refractivity contribution < 1.29 is 4.39 Å². The lowest BCUT2D eigenvalue weighted by Crippen LogP contribution is -2.22. The van der Waals surface area contributed by atoms with E-state index in [0.29, 0.717) is 18.7 Å². The minimum atomic E-state index is -0.160. The molecule has 1 aliphatic rings. The second kappa shape index (κ2) is 5.35. The zero-order chi connectivity index (χ0) is 14.9. The molecular formula is C17H15FN4. The van der Waals surface area contributed by atoms with Crippen molar-refractivity contribution in [2.75, 3.05) is 0 Å². The standard InChI is InChI=1S/C17H15FN4/c18-16-7-3-1-5-13(16)10-21-11-14-6-2-4-8-17(14)22-15(12-21)9-19-20-22/h1-9H,10-12H2. The van der Waals surface area contributed by atoms with Crippen LogP contribution in [0, 0.1) is 5.82 Å². The molecule has 2 aromatic carbocycles. The molecule has 1 aromatic heterocycles. The van der Waals surface area contributed by atoms with E-state index in [1.54, 1.807) is 12.3 Å². The van der Waals surface area contributed by atoms with Gasteiger partial charge < -0.3 is 0 Å². The normalized spacial score (nSPS) is 14.2. The summed E-state index contributed by atoms with van der Waals surface area (Å²) in [5.41, 5.74) is 3.94. The third-order valence-electron chi connectivity index (χ3n) is 3.97. The van der Waals surface area contributed by atoms with E-state index >= 15 is 0 Å². The van der Waals surface area contributed by atoms with Gasteiger partial charge in [0.25, 0.3) is 0 Å². The monoisotopic (exact) mass is 294 g/mol. The third-order valence-corrected chi connectivity index (χ3v) is 3.97. The van der Waals surface area contributed by atoms with Gasteiger partial charge in [0, 0.05) is 25.2 Å². The summed E-state index contributed by atoms with van der Waals surface area (Å²) in [6.45, 7) is 2.01. The first-order chi connectivity index (χ1) is 10.8. The van der Waals surface area contributed by atoms with Crippen LogP contribution in [0.2, 0.25) is 0 Å². The zero-order valence-electron chi connectivity index (χ0n) is 12.0. The molecule has 0 fully saturated rings. The zero-order valence-corrected chi connectivity index (χ0v) is 12.0. The number of rotatable bonds is 2.